The van der Waals surface area contributed by atoms with Crippen molar-refractivity contribution in [1.82, 2.24) is 0 Å². The minimum atomic E-state index is -0.755. The van der Waals surface area contributed by atoms with Crippen LogP contribution in [0.3, 0.4) is 0 Å². The van der Waals surface area contributed by atoms with E-state index in [4.69, 9.17) is 14.5 Å². The van der Waals surface area contributed by atoms with Crippen molar-refractivity contribution >= 4 is 5.97 Å². The van der Waals surface area contributed by atoms with E-state index in [-0.39, 0.29) is 24.1 Å². The number of rotatable bonds is 3. The SMILES string of the molecule is C[C@@H]1C=C[C@H](C(=O)O[C@H]2CCCC[C@@H]2c2ccccc2)OO1. The Labute approximate surface area is 131 Å². The normalized spacial score (nSPS) is 31.7. The topological polar surface area (TPSA) is 44.8 Å². The third kappa shape index (κ3) is 3.57. The molecule has 0 spiro atoms. The fourth-order valence-electron chi connectivity index (χ4n) is 3.12. The molecule has 0 radical (unpaired) electrons. The maximum atomic E-state index is 12.3. The lowest BCUT2D eigenvalue weighted by Crippen LogP contribution is -2.35. The lowest BCUT2D eigenvalue weighted by Gasteiger charge is -2.32. The Hall–Kier alpha value is -1.65. The fourth-order valence-corrected chi connectivity index (χ4v) is 3.12. The Morgan fingerprint density at radius 3 is 2.59 bits per heavy atom. The van der Waals surface area contributed by atoms with Crippen LogP contribution in [0.1, 0.15) is 44.1 Å². The molecule has 4 heteroatoms. The van der Waals surface area contributed by atoms with E-state index in [1.54, 1.807) is 6.08 Å². The molecule has 0 N–H and O–H groups in total. The molecule has 0 amide bonds. The number of carbonyl (C=O) groups is 1. The summed E-state index contributed by atoms with van der Waals surface area (Å²) in [7, 11) is 0. The van der Waals surface area contributed by atoms with Crippen LogP contribution in [0.15, 0.2) is 42.5 Å². The molecule has 2 aliphatic rings. The minimum Gasteiger partial charge on any atom is -0.459 e. The lowest BCUT2D eigenvalue weighted by atomic mass is 9.81. The highest BCUT2D eigenvalue weighted by Gasteiger charge is 2.32. The number of hydrogen-bond acceptors (Lipinski definition) is 4. The predicted octanol–water partition coefficient (Wildman–Crippen LogP) is 3.53. The van der Waals surface area contributed by atoms with E-state index in [2.05, 4.69) is 12.1 Å². The number of hydrogen-bond donors (Lipinski definition) is 0. The average Bonchev–Trinajstić information content (AvgIpc) is 2.57. The third-order valence-corrected chi connectivity index (χ3v) is 4.30. The van der Waals surface area contributed by atoms with Crippen molar-refractivity contribution in [3.8, 4) is 0 Å². The number of carbonyl (C=O) groups excluding carboxylic acids is 1. The second-order valence-corrected chi connectivity index (χ2v) is 5.98. The van der Waals surface area contributed by atoms with Crippen LogP contribution in [-0.4, -0.2) is 24.3 Å². The Bertz CT molecular complexity index is 525. The van der Waals surface area contributed by atoms with Gasteiger partial charge in [-0.05, 0) is 37.8 Å². The highest BCUT2D eigenvalue weighted by molar-refractivity contribution is 5.77. The van der Waals surface area contributed by atoms with Crippen LogP contribution in [0, 0.1) is 0 Å². The van der Waals surface area contributed by atoms with Crippen molar-refractivity contribution in [1.29, 1.82) is 0 Å². The van der Waals surface area contributed by atoms with Gasteiger partial charge >= 0.3 is 5.97 Å². The first-order chi connectivity index (χ1) is 10.7. The van der Waals surface area contributed by atoms with Crippen LogP contribution in [0.2, 0.25) is 0 Å². The number of benzene rings is 1. The van der Waals surface area contributed by atoms with Crippen molar-refractivity contribution in [2.24, 2.45) is 0 Å². The van der Waals surface area contributed by atoms with Crippen LogP contribution in [-0.2, 0) is 19.3 Å². The largest absolute Gasteiger partial charge is 0.459 e. The van der Waals surface area contributed by atoms with Crippen molar-refractivity contribution in [3.05, 3.63) is 48.0 Å². The van der Waals surface area contributed by atoms with Gasteiger partial charge in [0.25, 0.3) is 0 Å². The highest BCUT2D eigenvalue weighted by Crippen LogP contribution is 2.35. The van der Waals surface area contributed by atoms with Crippen LogP contribution < -0.4 is 0 Å². The van der Waals surface area contributed by atoms with Gasteiger partial charge in [0, 0.05) is 5.92 Å². The molecule has 0 saturated heterocycles. The molecular weight excluding hydrogens is 280 g/mol. The van der Waals surface area contributed by atoms with Gasteiger partial charge in [-0.1, -0.05) is 42.8 Å². The molecule has 0 aromatic heterocycles. The number of ether oxygens (including phenoxy) is 1. The van der Waals surface area contributed by atoms with Crippen molar-refractivity contribution in [2.75, 3.05) is 0 Å². The summed E-state index contributed by atoms with van der Waals surface area (Å²) in [5, 5.41) is 0. The van der Waals surface area contributed by atoms with Crippen LogP contribution in [0.5, 0.6) is 0 Å². The molecule has 4 nitrogen and oxygen atoms in total. The van der Waals surface area contributed by atoms with Gasteiger partial charge in [0.15, 0.2) is 0 Å². The molecule has 4 atom stereocenters. The van der Waals surface area contributed by atoms with Gasteiger partial charge in [-0.2, -0.15) is 0 Å². The summed E-state index contributed by atoms with van der Waals surface area (Å²) in [6.45, 7) is 1.85. The summed E-state index contributed by atoms with van der Waals surface area (Å²) in [4.78, 5) is 22.4. The maximum Gasteiger partial charge on any atom is 0.343 e. The van der Waals surface area contributed by atoms with Crippen molar-refractivity contribution in [2.45, 2.75) is 56.8 Å². The predicted molar refractivity (Wildman–Crippen MR) is 82.1 cm³/mol. The van der Waals surface area contributed by atoms with Gasteiger partial charge in [0.05, 0.1) is 0 Å². The van der Waals surface area contributed by atoms with Gasteiger partial charge in [0.2, 0.25) is 6.10 Å². The summed E-state index contributed by atoms with van der Waals surface area (Å²) >= 11 is 0. The molecule has 0 bridgehead atoms. The second-order valence-electron chi connectivity index (χ2n) is 5.98. The molecule has 1 saturated carbocycles. The molecular formula is C18H22O4. The lowest BCUT2D eigenvalue weighted by molar-refractivity contribution is -0.333. The molecule has 0 unspecified atom stereocenters. The van der Waals surface area contributed by atoms with E-state index in [0.717, 1.165) is 19.3 Å². The fraction of sp³-hybridized carbons (Fsp3) is 0.500. The zero-order valence-corrected chi connectivity index (χ0v) is 12.8. The van der Waals surface area contributed by atoms with E-state index in [1.165, 1.54) is 12.0 Å². The molecule has 1 heterocycles. The maximum absolute atomic E-state index is 12.3. The summed E-state index contributed by atoms with van der Waals surface area (Å²) in [5.74, 6) is -0.0951. The van der Waals surface area contributed by atoms with Gasteiger partial charge in [0.1, 0.15) is 12.2 Å². The molecule has 3 rings (SSSR count). The van der Waals surface area contributed by atoms with Crippen molar-refractivity contribution in [3.63, 3.8) is 0 Å². The molecule has 1 aromatic rings. The highest BCUT2D eigenvalue weighted by atomic mass is 17.2. The quantitative estimate of drug-likeness (QED) is 0.487. The van der Waals surface area contributed by atoms with Crippen molar-refractivity contribution < 1.29 is 19.3 Å². The van der Waals surface area contributed by atoms with E-state index >= 15 is 0 Å². The minimum absolute atomic E-state index is 0.0833. The van der Waals surface area contributed by atoms with Gasteiger partial charge < -0.3 is 4.74 Å². The Morgan fingerprint density at radius 1 is 1.09 bits per heavy atom. The van der Waals surface area contributed by atoms with Crippen LogP contribution in [0.25, 0.3) is 0 Å². The molecule has 1 fully saturated rings. The van der Waals surface area contributed by atoms with Crippen LogP contribution in [0.4, 0.5) is 0 Å². The Morgan fingerprint density at radius 2 is 1.86 bits per heavy atom. The molecule has 1 aromatic carbocycles. The van der Waals surface area contributed by atoms with Gasteiger partial charge in [-0.25, -0.2) is 14.6 Å². The van der Waals surface area contributed by atoms with Gasteiger partial charge in [-0.3, -0.25) is 0 Å². The number of esters is 1. The van der Waals surface area contributed by atoms with Gasteiger partial charge in [-0.15, -0.1) is 0 Å². The molecule has 118 valence electrons. The van der Waals surface area contributed by atoms with E-state index in [0.29, 0.717) is 0 Å². The molecule has 1 aliphatic heterocycles. The average molecular weight is 302 g/mol. The summed E-state index contributed by atoms with van der Waals surface area (Å²) in [6, 6.07) is 10.3. The first kappa shape index (κ1) is 15.3. The summed E-state index contributed by atoms with van der Waals surface area (Å²) in [5.41, 5.74) is 1.24. The van der Waals surface area contributed by atoms with E-state index in [9.17, 15) is 4.79 Å². The second kappa shape index (κ2) is 7.07. The standard InChI is InChI=1S/C18H22O4/c1-13-11-12-17(22-21-13)18(19)20-16-10-6-5-9-15(16)14-7-3-2-4-8-14/h2-4,7-8,11-13,15-17H,5-6,9-10H2,1H3/t13-,15-,16+,17-/m1/s1. The third-order valence-electron chi connectivity index (χ3n) is 4.30. The first-order valence-electron chi connectivity index (χ1n) is 8.00. The monoisotopic (exact) mass is 302 g/mol. The Kier molecular flexibility index (Phi) is 4.90. The molecule has 22 heavy (non-hydrogen) atoms. The van der Waals surface area contributed by atoms with E-state index in [1.807, 2.05) is 31.2 Å². The molecule has 1 aliphatic carbocycles. The van der Waals surface area contributed by atoms with Crippen LogP contribution >= 0.6 is 0 Å². The van der Waals surface area contributed by atoms with E-state index < -0.39 is 6.10 Å². The Balaban J connectivity index is 1.67. The smallest absolute Gasteiger partial charge is 0.343 e. The summed E-state index contributed by atoms with van der Waals surface area (Å²) < 4.78 is 5.74. The first-order valence-corrected chi connectivity index (χ1v) is 8.00. The zero-order valence-electron chi connectivity index (χ0n) is 12.8. The zero-order chi connectivity index (χ0) is 15.4. The summed E-state index contributed by atoms with van der Waals surface area (Å²) in [6.07, 6.45) is 6.77.